The Morgan fingerprint density at radius 1 is 1.19 bits per heavy atom. The molecular formula is C12H18ClF3N2O2S. The summed E-state index contributed by atoms with van der Waals surface area (Å²) >= 11 is 0. The summed E-state index contributed by atoms with van der Waals surface area (Å²) in [5, 5.41) is 0. The molecule has 21 heavy (non-hydrogen) atoms. The minimum absolute atomic E-state index is 0. The second-order valence-corrected chi connectivity index (χ2v) is 6.83. The van der Waals surface area contributed by atoms with Gasteiger partial charge in [-0.2, -0.15) is 13.2 Å². The summed E-state index contributed by atoms with van der Waals surface area (Å²) in [7, 11) is -3.92. The monoisotopic (exact) mass is 346 g/mol. The van der Waals surface area contributed by atoms with Crippen LogP contribution in [0.3, 0.4) is 0 Å². The van der Waals surface area contributed by atoms with Crippen molar-refractivity contribution in [3.05, 3.63) is 35.4 Å². The maximum atomic E-state index is 12.8. The van der Waals surface area contributed by atoms with E-state index in [0.29, 0.717) is 0 Å². The van der Waals surface area contributed by atoms with Gasteiger partial charge in [0.2, 0.25) is 10.0 Å². The average molecular weight is 347 g/mol. The molecule has 0 aliphatic heterocycles. The third kappa shape index (κ3) is 6.21. The van der Waals surface area contributed by atoms with E-state index in [1.165, 1.54) is 12.1 Å². The summed E-state index contributed by atoms with van der Waals surface area (Å²) < 4.78 is 64.5. The maximum absolute atomic E-state index is 12.8. The fourth-order valence-electron chi connectivity index (χ4n) is 1.63. The van der Waals surface area contributed by atoms with Crippen molar-refractivity contribution in [2.45, 2.75) is 31.3 Å². The van der Waals surface area contributed by atoms with Crippen LogP contribution >= 0.6 is 12.4 Å². The van der Waals surface area contributed by atoms with Crippen molar-refractivity contribution in [1.82, 2.24) is 4.72 Å². The van der Waals surface area contributed by atoms with Crippen LogP contribution < -0.4 is 10.5 Å². The van der Waals surface area contributed by atoms with E-state index in [4.69, 9.17) is 5.73 Å². The molecule has 0 aliphatic rings. The Kier molecular flexibility index (Phi) is 6.68. The highest BCUT2D eigenvalue weighted by Crippen LogP contribution is 2.32. The van der Waals surface area contributed by atoms with Crippen LogP contribution in [0.25, 0.3) is 0 Å². The number of nitrogens with one attached hydrogen (secondary N) is 1. The summed E-state index contributed by atoms with van der Waals surface area (Å²) in [6.07, 6.45) is -4.59. The SMILES string of the molecule is CC(C)(CN)NS(=O)(=O)Cc1ccccc1C(F)(F)F.Cl. The predicted octanol–water partition coefficient (Wildman–Crippen LogP) is 2.28. The van der Waals surface area contributed by atoms with Gasteiger partial charge in [0, 0.05) is 12.1 Å². The van der Waals surface area contributed by atoms with Crippen molar-refractivity contribution >= 4 is 22.4 Å². The Morgan fingerprint density at radius 2 is 1.71 bits per heavy atom. The molecule has 0 radical (unpaired) electrons. The zero-order valence-corrected chi connectivity index (χ0v) is 13.2. The summed E-state index contributed by atoms with van der Waals surface area (Å²) in [6, 6.07) is 4.60. The van der Waals surface area contributed by atoms with Gasteiger partial charge in [-0.15, -0.1) is 12.4 Å². The molecule has 122 valence electrons. The number of alkyl halides is 3. The van der Waals surface area contributed by atoms with Crippen LogP contribution in [0.15, 0.2) is 24.3 Å². The zero-order valence-electron chi connectivity index (χ0n) is 11.6. The smallest absolute Gasteiger partial charge is 0.329 e. The molecular weight excluding hydrogens is 329 g/mol. The third-order valence-corrected chi connectivity index (χ3v) is 4.17. The number of sulfonamides is 1. The Morgan fingerprint density at radius 3 is 2.19 bits per heavy atom. The molecule has 0 saturated carbocycles. The molecule has 0 aromatic heterocycles. The lowest BCUT2D eigenvalue weighted by Gasteiger charge is -2.24. The van der Waals surface area contributed by atoms with Gasteiger partial charge in [-0.1, -0.05) is 18.2 Å². The quantitative estimate of drug-likeness (QED) is 0.859. The van der Waals surface area contributed by atoms with E-state index in [1.807, 2.05) is 0 Å². The van der Waals surface area contributed by atoms with Gasteiger partial charge in [0.1, 0.15) is 0 Å². The van der Waals surface area contributed by atoms with Crippen LogP contribution in [0.5, 0.6) is 0 Å². The first kappa shape index (κ1) is 20.2. The topological polar surface area (TPSA) is 72.2 Å². The van der Waals surface area contributed by atoms with Crippen molar-refractivity contribution in [3.8, 4) is 0 Å². The van der Waals surface area contributed by atoms with E-state index in [0.717, 1.165) is 12.1 Å². The zero-order chi connectivity index (χ0) is 15.6. The second-order valence-electron chi connectivity index (χ2n) is 5.10. The lowest BCUT2D eigenvalue weighted by Crippen LogP contribution is -2.49. The molecule has 1 aromatic rings. The average Bonchev–Trinajstić information content (AvgIpc) is 2.26. The molecule has 4 nitrogen and oxygen atoms in total. The van der Waals surface area contributed by atoms with Gasteiger partial charge in [-0.25, -0.2) is 13.1 Å². The van der Waals surface area contributed by atoms with Crippen LogP contribution in [0.4, 0.5) is 13.2 Å². The maximum Gasteiger partial charge on any atom is 0.416 e. The van der Waals surface area contributed by atoms with Crippen LogP contribution in [0.2, 0.25) is 0 Å². The highest BCUT2D eigenvalue weighted by molar-refractivity contribution is 7.88. The van der Waals surface area contributed by atoms with E-state index in [1.54, 1.807) is 13.8 Å². The van der Waals surface area contributed by atoms with Crippen molar-refractivity contribution in [2.24, 2.45) is 5.73 Å². The molecule has 3 N–H and O–H groups in total. The lowest BCUT2D eigenvalue weighted by atomic mass is 10.1. The lowest BCUT2D eigenvalue weighted by molar-refractivity contribution is -0.138. The first-order chi connectivity index (χ1) is 8.97. The molecule has 0 atom stereocenters. The summed E-state index contributed by atoms with van der Waals surface area (Å²) in [4.78, 5) is 0. The number of rotatable bonds is 5. The Balaban J connectivity index is 0.00000400. The first-order valence-electron chi connectivity index (χ1n) is 5.84. The largest absolute Gasteiger partial charge is 0.416 e. The van der Waals surface area contributed by atoms with Crippen LogP contribution in [-0.4, -0.2) is 20.5 Å². The molecule has 0 spiro atoms. The van der Waals surface area contributed by atoms with Gasteiger partial charge in [-0.05, 0) is 25.5 Å². The first-order valence-corrected chi connectivity index (χ1v) is 7.49. The molecule has 0 saturated heterocycles. The normalized spacial score (nSPS) is 12.9. The van der Waals surface area contributed by atoms with Crippen molar-refractivity contribution in [3.63, 3.8) is 0 Å². The second kappa shape index (κ2) is 6.95. The summed E-state index contributed by atoms with van der Waals surface area (Å²) in [5.74, 6) is -0.744. The minimum Gasteiger partial charge on any atom is -0.329 e. The van der Waals surface area contributed by atoms with Gasteiger partial charge < -0.3 is 5.73 Å². The third-order valence-electron chi connectivity index (χ3n) is 2.61. The van der Waals surface area contributed by atoms with Crippen LogP contribution in [-0.2, 0) is 22.0 Å². The Hall–Kier alpha value is -0.830. The van der Waals surface area contributed by atoms with Gasteiger partial charge in [0.05, 0.1) is 11.3 Å². The highest BCUT2D eigenvalue weighted by atomic mass is 35.5. The van der Waals surface area contributed by atoms with Crippen LogP contribution in [0, 0.1) is 0 Å². The van der Waals surface area contributed by atoms with E-state index >= 15 is 0 Å². The molecule has 1 rings (SSSR count). The Bertz CT molecular complexity index is 574. The predicted molar refractivity (Wildman–Crippen MR) is 77.6 cm³/mol. The molecule has 9 heteroatoms. The molecule has 0 aliphatic carbocycles. The number of nitrogens with two attached hydrogens (primary N) is 1. The number of benzene rings is 1. The highest BCUT2D eigenvalue weighted by Gasteiger charge is 2.34. The van der Waals surface area contributed by atoms with Gasteiger partial charge in [-0.3, -0.25) is 0 Å². The summed E-state index contributed by atoms with van der Waals surface area (Å²) in [6.45, 7) is 3.15. The molecule has 0 unspecified atom stereocenters. The van der Waals surface area contributed by atoms with E-state index < -0.39 is 33.1 Å². The minimum atomic E-state index is -4.59. The standard InChI is InChI=1S/C12H17F3N2O2S.ClH/c1-11(2,8-16)17-20(18,19)7-9-5-3-4-6-10(9)12(13,14)15;/h3-6,17H,7-8,16H2,1-2H3;1H. The molecule has 1 aromatic carbocycles. The molecule has 0 heterocycles. The van der Waals surface area contributed by atoms with Gasteiger partial charge in [0.25, 0.3) is 0 Å². The molecule has 0 amide bonds. The number of hydrogen-bond acceptors (Lipinski definition) is 3. The molecule has 0 bridgehead atoms. The van der Waals surface area contributed by atoms with Crippen molar-refractivity contribution in [2.75, 3.05) is 6.54 Å². The number of halogens is 4. The fourth-order valence-corrected chi connectivity index (χ4v) is 3.28. The Labute approximate surface area is 128 Å². The van der Waals surface area contributed by atoms with Gasteiger partial charge >= 0.3 is 6.18 Å². The van der Waals surface area contributed by atoms with Gasteiger partial charge in [0.15, 0.2) is 0 Å². The molecule has 0 fully saturated rings. The van der Waals surface area contributed by atoms with Crippen molar-refractivity contribution < 1.29 is 21.6 Å². The van der Waals surface area contributed by atoms with Crippen molar-refractivity contribution in [1.29, 1.82) is 0 Å². The fraction of sp³-hybridized carbons (Fsp3) is 0.500. The van der Waals surface area contributed by atoms with E-state index in [2.05, 4.69) is 4.72 Å². The van der Waals surface area contributed by atoms with Crippen LogP contribution in [0.1, 0.15) is 25.0 Å². The van der Waals surface area contributed by atoms with E-state index in [-0.39, 0.29) is 24.5 Å². The van der Waals surface area contributed by atoms with E-state index in [9.17, 15) is 21.6 Å². The summed E-state index contributed by atoms with van der Waals surface area (Å²) in [5.41, 5.74) is 3.25. The number of hydrogen-bond donors (Lipinski definition) is 2.